The molecule has 2 N–H and O–H groups in total. The van der Waals surface area contributed by atoms with E-state index >= 15 is 0 Å². The van der Waals surface area contributed by atoms with Crippen LogP contribution in [0.2, 0.25) is 0 Å². The minimum atomic E-state index is -4.02. The van der Waals surface area contributed by atoms with Gasteiger partial charge in [-0.1, -0.05) is 18.2 Å². The fraction of sp³-hybridized carbons (Fsp3) is 0.310. The van der Waals surface area contributed by atoms with Gasteiger partial charge >= 0.3 is 10.1 Å². The Hall–Kier alpha value is -3.73. The molecule has 1 aliphatic rings. The van der Waals surface area contributed by atoms with Gasteiger partial charge in [0, 0.05) is 30.0 Å². The number of anilines is 1. The predicted octanol–water partition coefficient (Wildman–Crippen LogP) is 5.27. The van der Waals surface area contributed by atoms with Gasteiger partial charge in [-0.05, 0) is 67.8 Å². The topological polar surface area (TPSA) is 123 Å². The molecule has 0 saturated carbocycles. The van der Waals surface area contributed by atoms with Gasteiger partial charge in [0.05, 0.1) is 31.0 Å². The minimum Gasteiger partial charge on any atom is -0.493 e. The molecule has 1 aliphatic heterocycles. The molecule has 2 aromatic carbocycles. The summed E-state index contributed by atoms with van der Waals surface area (Å²) in [7, 11) is -4.02. The molecule has 3 heterocycles. The highest BCUT2D eigenvalue weighted by atomic mass is 32.2. The third kappa shape index (κ3) is 6.65. The molecule has 0 aliphatic carbocycles. The molecule has 9 nitrogen and oxygen atoms in total. The molecule has 1 unspecified atom stereocenters. The van der Waals surface area contributed by atoms with Crippen LogP contribution < -0.4 is 15.2 Å². The van der Waals surface area contributed by atoms with Crippen molar-refractivity contribution in [3.8, 4) is 22.8 Å². The lowest BCUT2D eigenvalue weighted by Gasteiger charge is -2.25. The molecule has 1 fully saturated rings. The Balaban J connectivity index is 1.16. The second kappa shape index (κ2) is 12.0. The van der Waals surface area contributed by atoms with Gasteiger partial charge in [-0.25, -0.2) is 9.97 Å². The standard InChI is InChI=1S/C29H31N3O6S/c1-20-6-4-7-26(29(20)38-28-8-2-3-15-36-28)39(33,34)37-17-5-16-35-23-11-13-24-21(18-23)9-12-25(32-24)22-10-14-27(30)31-19-22/h4,6-7,9-14,18-19,28H,2-3,5,8,15-17H2,1H3,(H2,30,31). The number of nitrogens with two attached hydrogens (primary N) is 1. The lowest BCUT2D eigenvalue weighted by atomic mass is 10.1. The third-order valence-electron chi connectivity index (χ3n) is 6.37. The Morgan fingerprint density at radius 2 is 1.95 bits per heavy atom. The molecular formula is C29H31N3O6S. The second-order valence-electron chi connectivity index (χ2n) is 9.32. The van der Waals surface area contributed by atoms with Crippen molar-refractivity contribution in [1.29, 1.82) is 0 Å². The van der Waals surface area contributed by atoms with Gasteiger partial charge in [0.2, 0.25) is 0 Å². The summed E-state index contributed by atoms with van der Waals surface area (Å²) in [5.74, 6) is 1.40. The van der Waals surface area contributed by atoms with Gasteiger partial charge in [0.25, 0.3) is 0 Å². The first-order valence-corrected chi connectivity index (χ1v) is 14.3. The number of para-hydroxylation sites is 1. The number of hydrogen-bond acceptors (Lipinski definition) is 9. The first kappa shape index (κ1) is 26.9. The zero-order chi connectivity index (χ0) is 27.2. The van der Waals surface area contributed by atoms with Crippen LogP contribution in [0.1, 0.15) is 31.2 Å². The summed E-state index contributed by atoms with van der Waals surface area (Å²) < 4.78 is 48.7. The average Bonchev–Trinajstić information content (AvgIpc) is 2.94. The highest BCUT2D eigenvalue weighted by molar-refractivity contribution is 7.86. The Morgan fingerprint density at radius 1 is 1.05 bits per heavy atom. The zero-order valence-corrected chi connectivity index (χ0v) is 22.5. The number of ether oxygens (including phenoxy) is 3. The van der Waals surface area contributed by atoms with E-state index < -0.39 is 16.4 Å². The molecule has 1 atom stereocenters. The van der Waals surface area contributed by atoms with Crippen molar-refractivity contribution in [3.63, 3.8) is 0 Å². The van der Waals surface area contributed by atoms with E-state index in [2.05, 4.69) is 4.98 Å². The summed E-state index contributed by atoms with van der Waals surface area (Å²) in [6, 6.07) is 18.1. The molecule has 0 spiro atoms. The Kier molecular flexibility index (Phi) is 8.25. The van der Waals surface area contributed by atoms with Crippen molar-refractivity contribution in [2.45, 2.75) is 43.8 Å². The molecule has 39 heavy (non-hydrogen) atoms. The minimum absolute atomic E-state index is 0.00809. The number of aromatic nitrogens is 2. The van der Waals surface area contributed by atoms with Crippen molar-refractivity contribution in [3.05, 3.63) is 72.4 Å². The highest BCUT2D eigenvalue weighted by Crippen LogP contribution is 2.32. The molecule has 2 aromatic heterocycles. The molecule has 0 radical (unpaired) electrons. The normalized spacial score (nSPS) is 15.8. The quantitative estimate of drug-likeness (QED) is 0.208. The number of nitrogen functional groups attached to an aromatic ring is 1. The number of nitrogens with zero attached hydrogens (tertiary/aromatic N) is 2. The van der Waals surface area contributed by atoms with E-state index in [0.717, 1.165) is 41.4 Å². The Morgan fingerprint density at radius 3 is 2.74 bits per heavy atom. The van der Waals surface area contributed by atoms with E-state index in [0.29, 0.717) is 30.2 Å². The summed E-state index contributed by atoms with van der Waals surface area (Å²) in [6.07, 6.45) is 4.29. The van der Waals surface area contributed by atoms with Crippen LogP contribution in [0.25, 0.3) is 22.2 Å². The maximum absolute atomic E-state index is 13.0. The van der Waals surface area contributed by atoms with Crippen LogP contribution in [0, 0.1) is 6.92 Å². The summed E-state index contributed by atoms with van der Waals surface area (Å²) in [5.41, 5.74) is 8.88. The molecule has 4 aromatic rings. The van der Waals surface area contributed by atoms with Crippen LogP contribution in [-0.2, 0) is 19.0 Å². The van der Waals surface area contributed by atoms with Crippen LogP contribution in [-0.4, -0.2) is 44.5 Å². The summed E-state index contributed by atoms with van der Waals surface area (Å²) in [4.78, 5) is 8.82. The van der Waals surface area contributed by atoms with Crippen molar-refractivity contribution >= 4 is 26.8 Å². The van der Waals surface area contributed by atoms with E-state index in [1.165, 1.54) is 6.07 Å². The van der Waals surface area contributed by atoms with Crippen molar-refractivity contribution in [2.24, 2.45) is 0 Å². The maximum atomic E-state index is 13.0. The van der Waals surface area contributed by atoms with Gasteiger partial charge in [-0.2, -0.15) is 8.42 Å². The molecule has 1 saturated heterocycles. The average molecular weight is 550 g/mol. The molecule has 5 rings (SSSR count). The first-order valence-electron chi connectivity index (χ1n) is 12.9. The van der Waals surface area contributed by atoms with Crippen molar-refractivity contribution in [2.75, 3.05) is 25.6 Å². The monoisotopic (exact) mass is 549 g/mol. The van der Waals surface area contributed by atoms with Gasteiger partial charge in [0.1, 0.15) is 22.2 Å². The van der Waals surface area contributed by atoms with Crippen molar-refractivity contribution in [1.82, 2.24) is 9.97 Å². The second-order valence-corrected chi connectivity index (χ2v) is 10.9. The number of benzene rings is 2. The van der Waals surface area contributed by atoms with Gasteiger partial charge in [-0.15, -0.1) is 0 Å². The molecular weight excluding hydrogens is 518 g/mol. The van der Waals surface area contributed by atoms with E-state index in [4.69, 9.17) is 29.1 Å². The Labute approximate surface area is 228 Å². The number of aryl methyl sites for hydroxylation is 1. The highest BCUT2D eigenvalue weighted by Gasteiger charge is 2.25. The molecule has 0 bridgehead atoms. The lowest BCUT2D eigenvalue weighted by Crippen LogP contribution is -2.26. The van der Waals surface area contributed by atoms with E-state index in [1.807, 2.05) is 36.4 Å². The summed E-state index contributed by atoms with van der Waals surface area (Å²) in [5, 5.41) is 0.924. The van der Waals surface area contributed by atoms with Gasteiger partial charge < -0.3 is 19.9 Å². The van der Waals surface area contributed by atoms with Crippen LogP contribution in [0.5, 0.6) is 11.5 Å². The summed E-state index contributed by atoms with van der Waals surface area (Å²) >= 11 is 0. The SMILES string of the molecule is Cc1cccc(S(=O)(=O)OCCCOc2ccc3nc(-c4ccc(N)nc4)ccc3c2)c1OC1CCCCO1. The molecule has 204 valence electrons. The van der Waals surface area contributed by atoms with E-state index in [1.54, 1.807) is 31.3 Å². The maximum Gasteiger partial charge on any atom is 0.300 e. The van der Waals surface area contributed by atoms with Gasteiger partial charge in [0.15, 0.2) is 6.29 Å². The van der Waals surface area contributed by atoms with Crippen LogP contribution in [0.4, 0.5) is 5.82 Å². The van der Waals surface area contributed by atoms with Gasteiger partial charge in [-0.3, -0.25) is 4.18 Å². The fourth-order valence-electron chi connectivity index (χ4n) is 4.30. The van der Waals surface area contributed by atoms with Crippen LogP contribution in [0.3, 0.4) is 0 Å². The lowest BCUT2D eigenvalue weighted by molar-refractivity contribution is -0.107. The Bertz CT molecular complexity index is 1540. The third-order valence-corrected chi connectivity index (χ3v) is 7.71. The number of hydrogen-bond donors (Lipinski definition) is 1. The first-order chi connectivity index (χ1) is 18.9. The number of pyridine rings is 2. The molecule has 10 heteroatoms. The number of rotatable bonds is 10. The van der Waals surface area contributed by atoms with E-state index in [9.17, 15) is 8.42 Å². The van der Waals surface area contributed by atoms with E-state index in [-0.39, 0.29) is 23.9 Å². The smallest absolute Gasteiger partial charge is 0.300 e. The van der Waals surface area contributed by atoms with Crippen molar-refractivity contribution < 1.29 is 26.8 Å². The number of fused-ring (bicyclic) bond motifs is 1. The predicted molar refractivity (Wildman–Crippen MR) is 148 cm³/mol. The van der Waals surface area contributed by atoms with Crippen LogP contribution in [0.15, 0.2) is 71.8 Å². The molecule has 0 amide bonds. The van der Waals surface area contributed by atoms with Crippen LogP contribution >= 0.6 is 0 Å². The largest absolute Gasteiger partial charge is 0.493 e. The zero-order valence-electron chi connectivity index (χ0n) is 21.7. The summed E-state index contributed by atoms with van der Waals surface area (Å²) in [6.45, 7) is 2.67. The fourth-order valence-corrected chi connectivity index (χ4v) is 5.45.